The summed E-state index contributed by atoms with van der Waals surface area (Å²) in [5, 5.41) is 0.506. The minimum atomic E-state index is -0.0411. The molecule has 0 amide bonds. The fourth-order valence-corrected chi connectivity index (χ4v) is 1.49. The van der Waals surface area contributed by atoms with Gasteiger partial charge in [-0.1, -0.05) is 0 Å². The molecule has 0 aromatic rings. The smallest absolute Gasteiger partial charge is 0.306 e. The monoisotopic (exact) mass is 146 g/mol. The van der Waals surface area contributed by atoms with Gasteiger partial charge < -0.3 is 4.74 Å². The van der Waals surface area contributed by atoms with Crippen LogP contribution in [-0.2, 0) is 9.53 Å². The van der Waals surface area contributed by atoms with Crippen LogP contribution in [0.25, 0.3) is 0 Å². The number of esters is 1. The third kappa shape index (κ3) is 1.90. The number of cyclic esters (lactones) is 1. The SMILES string of the molecule is CSC1CCOC(=O)C1. The third-order valence-corrected chi connectivity index (χ3v) is 2.50. The average Bonchev–Trinajstić information content (AvgIpc) is 1.88. The zero-order valence-corrected chi connectivity index (χ0v) is 6.24. The van der Waals surface area contributed by atoms with Crippen LogP contribution >= 0.6 is 11.8 Å². The Labute approximate surface area is 59.0 Å². The van der Waals surface area contributed by atoms with Crippen LogP contribution in [0.3, 0.4) is 0 Å². The molecule has 9 heavy (non-hydrogen) atoms. The van der Waals surface area contributed by atoms with E-state index < -0.39 is 0 Å². The maximum absolute atomic E-state index is 10.6. The van der Waals surface area contributed by atoms with Gasteiger partial charge in [0.05, 0.1) is 13.0 Å². The largest absolute Gasteiger partial charge is 0.466 e. The van der Waals surface area contributed by atoms with Gasteiger partial charge in [0.15, 0.2) is 0 Å². The molecule has 1 atom stereocenters. The molecule has 0 N–H and O–H groups in total. The van der Waals surface area contributed by atoms with Crippen molar-refractivity contribution in [3.63, 3.8) is 0 Å². The second-order valence-electron chi connectivity index (χ2n) is 2.07. The summed E-state index contributed by atoms with van der Waals surface area (Å²) < 4.78 is 4.76. The molecule has 0 aliphatic carbocycles. The lowest BCUT2D eigenvalue weighted by atomic mass is 10.2. The van der Waals surface area contributed by atoms with Crippen LogP contribution in [0.1, 0.15) is 12.8 Å². The Morgan fingerprint density at radius 3 is 3.00 bits per heavy atom. The van der Waals surface area contributed by atoms with E-state index in [-0.39, 0.29) is 5.97 Å². The molecule has 52 valence electrons. The van der Waals surface area contributed by atoms with E-state index in [1.165, 1.54) is 0 Å². The molecule has 0 saturated carbocycles. The van der Waals surface area contributed by atoms with Gasteiger partial charge in [0.25, 0.3) is 0 Å². The van der Waals surface area contributed by atoms with Crippen molar-refractivity contribution >= 4 is 17.7 Å². The van der Waals surface area contributed by atoms with Crippen LogP contribution in [-0.4, -0.2) is 24.1 Å². The molecule has 1 aliphatic rings. The number of thioether (sulfide) groups is 1. The molecule has 1 unspecified atom stereocenters. The van der Waals surface area contributed by atoms with Crippen molar-refractivity contribution < 1.29 is 9.53 Å². The Hall–Kier alpha value is -0.180. The minimum Gasteiger partial charge on any atom is -0.466 e. The molecule has 0 aromatic heterocycles. The van der Waals surface area contributed by atoms with Crippen LogP contribution in [0, 0.1) is 0 Å². The molecular formula is C6H10O2S. The number of carbonyl (C=O) groups excluding carboxylic acids is 1. The average molecular weight is 146 g/mol. The molecule has 1 fully saturated rings. The zero-order valence-electron chi connectivity index (χ0n) is 5.42. The van der Waals surface area contributed by atoms with Gasteiger partial charge in [-0.15, -0.1) is 0 Å². The van der Waals surface area contributed by atoms with Gasteiger partial charge in [-0.05, 0) is 12.7 Å². The maximum atomic E-state index is 10.6. The molecule has 1 heterocycles. The highest BCUT2D eigenvalue weighted by molar-refractivity contribution is 7.99. The summed E-state index contributed by atoms with van der Waals surface area (Å²) >= 11 is 1.75. The second-order valence-corrected chi connectivity index (χ2v) is 3.21. The maximum Gasteiger partial charge on any atom is 0.306 e. The Bertz CT molecular complexity index is 114. The summed E-state index contributed by atoms with van der Waals surface area (Å²) in [4.78, 5) is 10.6. The Morgan fingerprint density at radius 2 is 2.56 bits per heavy atom. The van der Waals surface area contributed by atoms with Gasteiger partial charge in [0.2, 0.25) is 0 Å². The van der Waals surface area contributed by atoms with Crippen molar-refractivity contribution in [2.45, 2.75) is 18.1 Å². The Balaban J connectivity index is 2.32. The Morgan fingerprint density at radius 1 is 1.78 bits per heavy atom. The molecule has 1 aliphatic heterocycles. The molecule has 2 nitrogen and oxygen atoms in total. The van der Waals surface area contributed by atoms with E-state index in [0.29, 0.717) is 18.3 Å². The molecule has 0 bridgehead atoms. The molecule has 0 spiro atoms. The van der Waals surface area contributed by atoms with Gasteiger partial charge in [-0.25, -0.2) is 0 Å². The fourth-order valence-electron chi connectivity index (χ4n) is 0.852. The first kappa shape index (κ1) is 6.93. The Kier molecular flexibility index (Phi) is 2.39. The van der Waals surface area contributed by atoms with Crippen molar-refractivity contribution in [3.8, 4) is 0 Å². The number of rotatable bonds is 1. The van der Waals surface area contributed by atoms with Gasteiger partial charge in [-0.2, -0.15) is 11.8 Å². The van der Waals surface area contributed by atoms with Gasteiger partial charge in [0, 0.05) is 5.25 Å². The van der Waals surface area contributed by atoms with Crippen molar-refractivity contribution in [1.29, 1.82) is 0 Å². The fraction of sp³-hybridized carbons (Fsp3) is 0.833. The van der Waals surface area contributed by atoms with Crippen LogP contribution < -0.4 is 0 Å². The first-order chi connectivity index (χ1) is 4.33. The molecule has 1 saturated heterocycles. The van der Waals surface area contributed by atoms with E-state index in [1.807, 2.05) is 6.26 Å². The first-order valence-corrected chi connectivity index (χ1v) is 4.30. The molecule has 3 heteroatoms. The first-order valence-electron chi connectivity index (χ1n) is 3.01. The van der Waals surface area contributed by atoms with Gasteiger partial charge in [-0.3, -0.25) is 4.79 Å². The standard InChI is InChI=1S/C6H10O2S/c1-9-5-2-3-8-6(7)4-5/h5H,2-4H2,1H3. The summed E-state index contributed by atoms with van der Waals surface area (Å²) in [7, 11) is 0. The van der Waals surface area contributed by atoms with Gasteiger partial charge in [0.1, 0.15) is 0 Å². The van der Waals surface area contributed by atoms with E-state index in [0.717, 1.165) is 6.42 Å². The van der Waals surface area contributed by atoms with E-state index in [1.54, 1.807) is 11.8 Å². The minimum absolute atomic E-state index is 0.0411. The predicted molar refractivity (Wildman–Crippen MR) is 37.5 cm³/mol. The van der Waals surface area contributed by atoms with Gasteiger partial charge >= 0.3 is 5.97 Å². The molecule has 0 aromatic carbocycles. The predicted octanol–water partition coefficient (Wildman–Crippen LogP) is 1.05. The summed E-state index contributed by atoms with van der Waals surface area (Å²) in [5.74, 6) is -0.0411. The second kappa shape index (κ2) is 3.11. The van der Waals surface area contributed by atoms with E-state index in [4.69, 9.17) is 4.74 Å². The van der Waals surface area contributed by atoms with Crippen molar-refractivity contribution in [1.82, 2.24) is 0 Å². The van der Waals surface area contributed by atoms with Crippen molar-refractivity contribution in [3.05, 3.63) is 0 Å². The normalized spacial score (nSPS) is 27.7. The highest BCUT2D eigenvalue weighted by Gasteiger charge is 2.18. The van der Waals surface area contributed by atoms with Crippen LogP contribution in [0.5, 0.6) is 0 Å². The van der Waals surface area contributed by atoms with E-state index in [9.17, 15) is 4.79 Å². The zero-order chi connectivity index (χ0) is 6.69. The topological polar surface area (TPSA) is 26.3 Å². The quantitative estimate of drug-likeness (QED) is 0.517. The third-order valence-electron chi connectivity index (χ3n) is 1.43. The molecule has 1 rings (SSSR count). The highest BCUT2D eigenvalue weighted by Crippen LogP contribution is 2.19. The molecule has 0 radical (unpaired) electrons. The highest BCUT2D eigenvalue weighted by atomic mass is 32.2. The van der Waals surface area contributed by atoms with Crippen LogP contribution in [0.2, 0.25) is 0 Å². The lowest BCUT2D eigenvalue weighted by molar-refractivity contribution is -0.146. The number of carbonyl (C=O) groups is 1. The molecular weight excluding hydrogens is 136 g/mol. The van der Waals surface area contributed by atoms with Crippen molar-refractivity contribution in [2.24, 2.45) is 0 Å². The lowest BCUT2D eigenvalue weighted by Crippen LogP contribution is -2.22. The van der Waals surface area contributed by atoms with E-state index >= 15 is 0 Å². The summed E-state index contributed by atoms with van der Waals surface area (Å²) in [5.41, 5.74) is 0. The van der Waals surface area contributed by atoms with Crippen molar-refractivity contribution in [2.75, 3.05) is 12.9 Å². The van der Waals surface area contributed by atoms with Crippen LogP contribution in [0.4, 0.5) is 0 Å². The number of ether oxygens (including phenoxy) is 1. The number of hydrogen-bond acceptors (Lipinski definition) is 3. The number of hydrogen-bond donors (Lipinski definition) is 0. The summed E-state index contributed by atoms with van der Waals surface area (Å²) in [6.07, 6.45) is 3.65. The van der Waals surface area contributed by atoms with E-state index in [2.05, 4.69) is 0 Å². The summed E-state index contributed by atoms with van der Waals surface area (Å²) in [6, 6.07) is 0. The lowest BCUT2D eigenvalue weighted by Gasteiger charge is -2.18. The summed E-state index contributed by atoms with van der Waals surface area (Å²) in [6.45, 7) is 0.615. The van der Waals surface area contributed by atoms with Crippen LogP contribution in [0.15, 0.2) is 0 Å².